The van der Waals surface area contributed by atoms with Gasteiger partial charge < -0.3 is 5.73 Å². The second-order valence-electron chi connectivity index (χ2n) is 5.30. The van der Waals surface area contributed by atoms with E-state index in [1.54, 1.807) is 0 Å². The van der Waals surface area contributed by atoms with Crippen molar-refractivity contribution < 1.29 is 8.42 Å². The summed E-state index contributed by atoms with van der Waals surface area (Å²) in [5.74, 6) is 0.649. The molecule has 0 amide bonds. The largest absolute Gasteiger partial charge is 0.392 e. The molecular formula is C12H25N3O2S2. The molecular weight excluding hydrogens is 282 g/mol. The van der Waals surface area contributed by atoms with Crippen LogP contribution < -0.4 is 15.2 Å². The Hall–Kier alpha value is -0.240. The van der Waals surface area contributed by atoms with Crippen LogP contribution in [0.4, 0.5) is 0 Å². The summed E-state index contributed by atoms with van der Waals surface area (Å²) >= 11 is 5.11. The Morgan fingerprint density at radius 2 is 1.95 bits per heavy atom. The van der Waals surface area contributed by atoms with Crippen LogP contribution in [0, 0.1) is 5.92 Å². The summed E-state index contributed by atoms with van der Waals surface area (Å²) in [5.41, 5.74) is 5.05. The van der Waals surface area contributed by atoms with E-state index >= 15 is 0 Å². The first-order chi connectivity index (χ1) is 8.85. The molecule has 1 fully saturated rings. The molecule has 0 radical (unpaired) electrons. The SMILES string of the molecule is CCCNS(=O)(=O)NC1(C(N)=S)CCC(CC)CC1. The molecule has 7 heteroatoms. The first-order valence-corrected chi connectivity index (χ1v) is 8.83. The fourth-order valence-electron chi connectivity index (χ4n) is 2.51. The lowest BCUT2D eigenvalue weighted by atomic mass is 9.76. The maximum absolute atomic E-state index is 12.0. The van der Waals surface area contributed by atoms with Gasteiger partial charge in [0.15, 0.2) is 0 Å². The summed E-state index contributed by atoms with van der Waals surface area (Å²) in [6.45, 7) is 4.49. The van der Waals surface area contributed by atoms with Crippen LogP contribution in [0.5, 0.6) is 0 Å². The van der Waals surface area contributed by atoms with Gasteiger partial charge in [0.2, 0.25) is 0 Å². The zero-order valence-corrected chi connectivity index (χ0v) is 13.4. The molecule has 5 nitrogen and oxygen atoms in total. The topological polar surface area (TPSA) is 84.2 Å². The highest BCUT2D eigenvalue weighted by molar-refractivity contribution is 7.87. The number of hydrogen-bond acceptors (Lipinski definition) is 3. The summed E-state index contributed by atoms with van der Waals surface area (Å²) in [6, 6.07) is 0. The van der Waals surface area contributed by atoms with E-state index in [0.717, 1.165) is 25.7 Å². The molecule has 112 valence electrons. The molecule has 1 aliphatic rings. The minimum Gasteiger partial charge on any atom is -0.392 e. The number of nitrogens with two attached hydrogens (primary N) is 1. The maximum Gasteiger partial charge on any atom is 0.277 e. The molecule has 0 aromatic heterocycles. The van der Waals surface area contributed by atoms with Crippen molar-refractivity contribution in [3.8, 4) is 0 Å². The summed E-state index contributed by atoms with van der Waals surface area (Å²) in [7, 11) is -3.54. The van der Waals surface area contributed by atoms with Crippen molar-refractivity contribution in [1.29, 1.82) is 0 Å². The Morgan fingerprint density at radius 3 is 2.37 bits per heavy atom. The van der Waals surface area contributed by atoms with Crippen molar-refractivity contribution in [3.63, 3.8) is 0 Å². The Labute approximate surface area is 121 Å². The summed E-state index contributed by atoms with van der Waals surface area (Å²) in [4.78, 5) is 0.254. The maximum atomic E-state index is 12.0. The first-order valence-electron chi connectivity index (χ1n) is 6.93. The summed E-state index contributed by atoms with van der Waals surface area (Å²) in [5, 5.41) is 0. The van der Waals surface area contributed by atoms with E-state index < -0.39 is 15.7 Å². The van der Waals surface area contributed by atoms with Gasteiger partial charge in [0.05, 0.1) is 10.5 Å². The summed E-state index contributed by atoms with van der Waals surface area (Å²) in [6.07, 6.45) is 5.17. The highest BCUT2D eigenvalue weighted by Crippen LogP contribution is 2.34. The number of nitrogens with one attached hydrogen (secondary N) is 2. The van der Waals surface area contributed by atoms with Crippen LogP contribution in [0.15, 0.2) is 0 Å². The van der Waals surface area contributed by atoms with E-state index in [1.165, 1.54) is 0 Å². The average molecular weight is 307 g/mol. The molecule has 0 aromatic carbocycles. The molecule has 0 unspecified atom stereocenters. The van der Waals surface area contributed by atoms with Crippen LogP contribution in [0.25, 0.3) is 0 Å². The molecule has 1 rings (SSSR count). The van der Waals surface area contributed by atoms with E-state index in [0.29, 0.717) is 25.3 Å². The second-order valence-corrected chi connectivity index (χ2v) is 7.24. The lowest BCUT2D eigenvalue weighted by Gasteiger charge is -2.39. The monoisotopic (exact) mass is 307 g/mol. The first kappa shape index (κ1) is 16.8. The highest BCUT2D eigenvalue weighted by Gasteiger charge is 2.40. The van der Waals surface area contributed by atoms with Gasteiger partial charge in [-0.15, -0.1) is 0 Å². The van der Waals surface area contributed by atoms with Gasteiger partial charge in [-0.1, -0.05) is 32.5 Å². The van der Waals surface area contributed by atoms with E-state index in [1.807, 2.05) is 6.92 Å². The van der Waals surface area contributed by atoms with Gasteiger partial charge in [-0.3, -0.25) is 0 Å². The Balaban J connectivity index is 2.76. The number of thiocarbonyl (C=S) groups is 1. The molecule has 1 aliphatic carbocycles. The third-order valence-corrected chi connectivity index (χ3v) is 5.51. The van der Waals surface area contributed by atoms with Crippen LogP contribution in [-0.4, -0.2) is 25.5 Å². The Bertz CT molecular complexity index is 401. The van der Waals surface area contributed by atoms with Crippen LogP contribution in [0.3, 0.4) is 0 Å². The Kier molecular flexibility index (Phi) is 6.16. The van der Waals surface area contributed by atoms with Crippen molar-refractivity contribution in [2.24, 2.45) is 11.7 Å². The van der Waals surface area contributed by atoms with Gasteiger partial charge in [0.1, 0.15) is 0 Å². The van der Waals surface area contributed by atoms with Crippen LogP contribution in [-0.2, 0) is 10.2 Å². The minimum absolute atomic E-state index is 0.254. The van der Waals surface area contributed by atoms with Gasteiger partial charge in [-0.25, -0.2) is 4.72 Å². The van der Waals surface area contributed by atoms with Crippen molar-refractivity contribution >= 4 is 27.4 Å². The van der Waals surface area contributed by atoms with Gasteiger partial charge in [0.25, 0.3) is 10.2 Å². The zero-order chi connectivity index (χ0) is 14.5. The Morgan fingerprint density at radius 1 is 1.37 bits per heavy atom. The van der Waals surface area contributed by atoms with E-state index in [9.17, 15) is 8.42 Å². The average Bonchev–Trinajstić information content (AvgIpc) is 2.36. The van der Waals surface area contributed by atoms with Crippen LogP contribution in [0.1, 0.15) is 52.4 Å². The fourth-order valence-corrected chi connectivity index (χ4v) is 4.20. The predicted octanol–water partition coefficient (Wildman–Crippen LogP) is 1.45. The van der Waals surface area contributed by atoms with Crippen molar-refractivity contribution in [2.75, 3.05) is 6.54 Å². The molecule has 0 heterocycles. The quantitative estimate of drug-likeness (QED) is 0.622. The molecule has 0 atom stereocenters. The molecule has 0 aromatic rings. The number of hydrogen-bond donors (Lipinski definition) is 3. The molecule has 0 bridgehead atoms. The molecule has 0 aliphatic heterocycles. The van der Waals surface area contributed by atoms with Crippen molar-refractivity contribution in [1.82, 2.24) is 9.44 Å². The molecule has 0 spiro atoms. The zero-order valence-electron chi connectivity index (χ0n) is 11.7. The third kappa shape index (κ3) is 4.66. The fraction of sp³-hybridized carbons (Fsp3) is 0.917. The third-order valence-electron chi connectivity index (χ3n) is 3.88. The van der Waals surface area contributed by atoms with Gasteiger partial charge in [0, 0.05) is 6.54 Å². The van der Waals surface area contributed by atoms with Crippen molar-refractivity contribution in [3.05, 3.63) is 0 Å². The molecule has 19 heavy (non-hydrogen) atoms. The van der Waals surface area contributed by atoms with E-state index in [-0.39, 0.29) is 4.99 Å². The van der Waals surface area contributed by atoms with Crippen LogP contribution >= 0.6 is 12.2 Å². The van der Waals surface area contributed by atoms with Gasteiger partial charge >= 0.3 is 0 Å². The lowest BCUT2D eigenvalue weighted by Crippen LogP contribution is -2.60. The second kappa shape index (κ2) is 6.97. The standard InChI is InChI=1S/C12H25N3O2S2/c1-3-9-14-19(16,17)15-12(11(13)18)7-5-10(4-2)6-8-12/h10,14-15H,3-9H2,1-2H3,(H2,13,18). The van der Waals surface area contributed by atoms with E-state index in [4.69, 9.17) is 18.0 Å². The minimum atomic E-state index is -3.54. The smallest absolute Gasteiger partial charge is 0.277 e. The summed E-state index contributed by atoms with van der Waals surface area (Å²) < 4.78 is 29.2. The molecule has 4 N–H and O–H groups in total. The van der Waals surface area contributed by atoms with E-state index in [2.05, 4.69) is 16.4 Å². The van der Waals surface area contributed by atoms with Crippen molar-refractivity contribution in [2.45, 2.75) is 57.9 Å². The molecule has 0 saturated heterocycles. The van der Waals surface area contributed by atoms with Crippen LogP contribution in [0.2, 0.25) is 0 Å². The predicted molar refractivity (Wildman–Crippen MR) is 82.1 cm³/mol. The molecule has 1 saturated carbocycles. The van der Waals surface area contributed by atoms with Gasteiger partial charge in [-0.05, 0) is 38.0 Å². The lowest BCUT2D eigenvalue weighted by molar-refractivity contribution is 0.268. The number of rotatable bonds is 7. The highest BCUT2D eigenvalue weighted by atomic mass is 32.2. The van der Waals surface area contributed by atoms with Gasteiger partial charge in [-0.2, -0.15) is 13.1 Å². The normalized spacial score (nSPS) is 28.2.